The molecule has 0 bridgehead atoms. The number of hydrogen-bond donors (Lipinski definition) is 1. The maximum atomic E-state index is 13.5. The number of benzene rings is 1. The SMILES string of the molecule is CCc1noc(CNc2cccc(Cl)c2F)n1. The number of aryl methyl sites for hydroxylation is 1. The van der Waals surface area contributed by atoms with Crippen molar-refractivity contribution in [2.45, 2.75) is 19.9 Å². The lowest BCUT2D eigenvalue weighted by molar-refractivity contribution is 0.378. The predicted octanol–water partition coefficient (Wildman–Crippen LogP) is 3.04. The zero-order valence-electron chi connectivity index (χ0n) is 9.20. The van der Waals surface area contributed by atoms with Crippen molar-refractivity contribution in [3.05, 3.63) is 40.8 Å². The summed E-state index contributed by atoms with van der Waals surface area (Å²) in [5, 5.41) is 6.67. The molecule has 90 valence electrons. The third kappa shape index (κ3) is 2.74. The number of nitrogens with zero attached hydrogens (tertiary/aromatic N) is 2. The van der Waals surface area contributed by atoms with Gasteiger partial charge in [0.25, 0.3) is 0 Å². The van der Waals surface area contributed by atoms with Gasteiger partial charge in [0.05, 0.1) is 17.3 Å². The van der Waals surface area contributed by atoms with Gasteiger partial charge in [0.1, 0.15) is 0 Å². The summed E-state index contributed by atoms with van der Waals surface area (Å²) in [4.78, 5) is 4.10. The molecule has 0 atom stereocenters. The third-order valence-corrected chi connectivity index (χ3v) is 2.50. The highest BCUT2D eigenvalue weighted by atomic mass is 35.5. The minimum Gasteiger partial charge on any atom is -0.374 e. The Morgan fingerprint density at radius 2 is 2.29 bits per heavy atom. The molecule has 0 radical (unpaired) electrons. The second kappa shape index (κ2) is 5.14. The van der Waals surface area contributed by atoms with Gasteiger partial charge in [-0.3, -0.25) is 0 Å². The van der Waals surface area contributed by atoms with Crippen LogP contribution in [-0.4, -0.2) is 10.1 Å². The average molecular weight is 256 g/mol. The van der Waals surface area contributed by atoms with Gasteiger partial charge in [-0.1, -0.05) is 29.7 Å². The van der Waals surface area contributed by atoms with Crippen molar-refractivity contribution in [3.63, 3.8) is 0 Å². The van der Waals surface area contributed by atoms with Crippen LogP contribution in [0.5, 0.6) is 0 Å². The minimum atomic E-state index is -0.482. The summed E-state index contributed by atoms with van der Waals surface area (Å²) in [7, 11) is 0. The molecule has 0 amide bonds. The lowest BCUT2D eigenvalue weighted by Crippen LogP contribution is -2.02. The molecule has 17 heavy (non-hydrogen) atoms. The van der Waals surface area contributed by atoms with E-state index in [0.29, 0.717) is 23.8 Å². The normalized spacial score (nSPS) is 10.5. The first-order valence-corrected chi connectivity index (χ1v) is 5.58. The molecule has 0 saturated carbocycles. The second-order valence-corrected chi connectivity index (χ2v) is 3.82. The molecule has 1 heterocycles. The first-order chi connectivity index (χ1) is 8.20. The predicted molar refractivity (Wildman–Crippen MR) is 62.4 cm³/mol. The van der Waals surface area contributed by atoms with E-state index in [1.165, 1.54) is 6.07 Å². The lowest BCUT2D eigenvalue weighted by atomic mass is 10.3. The Labute approximate surface area is 103 Å². The fourth-order valence-electron chi connectivity index (χ4n) is 1.32. The van der Waals surface area contributed by atoms with E-state index >= 15 is 0 Å². The zero-order chi connectivity index (χ0) is 12.3. The molecule has 0 unspecified atom stereocenters. The van der Waals surface area contributed by atoms with Crippen LogP contribution in [0.4, 0.5) is 10.1 Å². The van der Waals surface area contributed by atoms with E-state index in [1.807, 2.05) is 6.92 Å². The molecule has 6 heteroatoms. The standard InChI is InChI=1S/C11H11ClFN3O/c1-2-9-15-10(17-16-9)6-14-8-5-3-4-7(12)11(8)13/h3-5,14H,2,6H2,1H3. The average Bonchev–Trinajstić information content (AvgIpc) is 2.79. The van der Waals surface area contributed by atoms with Crippen molar-refractivity contribution in [1.29, 1.82) is 0 Å². The van der Waals surface area contributed by atoms with Gasteiger partial charge in [-0.25, -0.2) is 4.39 Å². The Morgan fingerprint density at radius 3 is 3.00 bits per heavy atom. The summed E-state index contributed by atoms with van der Waals surface area (Å²) in [5.41, 5.74) is 0.314. The topological polar surface area (TPSA) is 51.0 Å². The third-order valence-electron chi connectivity index (χ3n) is 2.21. The van der Waals surface area contributed by atoms with Crippen LogP contribution in [0.15, 0.2) is 22.7 Å². The van der Waals surface area contributed by atoms with Crippen LogP contribution in [0.25, 0.3) is 0 Å². The maximum absolute atomic E-state index is 13.5. The van der Waals surface area contributed by atoms with Gasteiger partial charge >= 0.3 is 0 Å². The van der Waals surface area contributed by atoms with Crippen LogP contribution >= 0.6 is 11.6 Å². The van der Waals surface area contributed by atoms with E-state index in [-0.39, 0.29) is 11.6 Å². The van der Waals surface area contributed by atoms with Gasteiger partial charge in [0.15, 0.2) is 11.6 Å². The second-order valence-electron chi connectivity index (χ2n) is 3.41. The Hall–Kier alpha value is -1.62. The zero-order valence-corrected chi connectivity index (χ0v) is 9.96. The fourth-order valence-corrected chi connectivity index (χ4v) is 1.49. The van der Waals surface area contributed by atoms with Crippen molar-refractivity contribution in [2.75, 3.05) is 5.32 Å². The Morgan fingerprint density at radius 1 is 1.47 bits per heavy atom. The van der Waals surface area contributed by atoms with Crippen LogP contribution < -0.4 is 5.32 Å². The van der Waals surface area contributed by atoms with Crippen LogP contribution in [-0.2, 0) is 13.0 Å². The van der Waals surface area contributed by atoms with Crippen molar-refractivity contribution in [2.24, 2.45) is 0 Å². The molecule has 0 fully saturated rings. The molecular formula is C11H11ClFN3O. The molecule has 0 aliphatic heterocycles. The number of nitrogens with one attached hydrogen (secondary N) is 1. The van der Waals surface area contributed by atoms with Crippen molar-refractivity contribution in [1.82, 2.24) is 10.1 Å². The van der Waals surface area contributed by atoms with E-state index in [1.54, 1.807) is 12.1 Å². The number of aromatic nitrogens is 2. The molecule has 1 N–H and O–H groups in total. The van der Waals surface area contributed by atoms with Crippen molar-refractivity contribution < 1.29 is 8.91 Å². The van der Waals surface area contributed by atoms with Crippen molar-refractivity contribution in [3.8, 4) is 0 Å². The lowest BCUT2D eigenvalue weighted by Gasteiger charge is -2.05. The summed E-state index contributed by atoms with van der Waals surface area (Å²) in [5.74, 6) is 0.569. The summed E-state index contributed by atoms with van der Waals surface area (Å²) in [6, 6.07) is 4.75. The van der Waals surface area contributed by atoms with Crippen LogP contribution in [0.2, 0.25) is 5.02 Å². The van der Waals surface area contributed by atoms with Gasteiger partial charge in [-0.15, -0.1) is 0 Å². The quantitative estimate of drug-likeness (QED) is 0.912. The molecule has 1 aromatic carbocycles. The van der Waals surface area contributed by atoms with Crippen molar-refractivity contribution >= 4 is 17.3 Å². The molecule has 2 rings (SSSR count). The summed E-state index contributed by atoms with van der Waals surface area (Å²) < 4.78 is 18.5. The van der Waals surface area contributed by atoms with Gasteiger partial charge < -0.3 is 9.84 Å². The van der Waals surface area contributed by atoms with Gasteiger partial charge in [0.2, 0.25) is 5.89 Å². The smallest absolute Gasteiger partial charge is 0.245 e. The van der Waals surface area contributed by atoms with Crippen LogP contribution in [0.3, 0.4) is 0 Å². The molecule has 4 nitrogen and oxygen atoms in total. The highest BCUT2D eigenvalue weighted by molar-refractivity contribution is 6.31. The largest absolute Gasteiger partial charge is 0.374 e. The molecule has 0 saturated heterocycles. The highest BCUT2D eigenvalue weighted by Crippen LogP contribution is 2.22. The van der Waals surface area contributed by atoms with Crippen LogP contribution in [0, 0.1) is 5.82 Å². The summed E-state index contributed by atoms with van der Waals surface area (Å²) in [6.45, 7) is 2.20. The first kappa shape index (κ1) is 11.9. The summed E-state index contributed by atoms with van der Waals surface area (Å²) in [6.07, 6.45) is 0.703. The summed E-state index contributed by atoms with van der Waals surface area (Å²) >= 11 is 5.66. The van der Waals surface area contributed by atoms with Gasteiger partial charge in [-0.05, 0) is 12.1 Å². The highest BCUT2D eigenvalue weighted by Gasteiger charge is 2.08. The molecule has 1 aromatic heterocycles. The Balaban J connectivity index is 2.04. The Kier molecular flexibility index (Phi) is 3.58. The van der Waals surface area contributed by atoms with E-state index in [4.69, 9.17) is 16.1 Å². The first-order valence-electron chi connectivity index (χ1n) is 5.20. The molecule has 2 aromatic rings. The number of hydrogen-bond acceptors (Lipinski definition) is 4. The number of anilines is 1. The molecule has 0 aliphatic carbocycles. The monoisotopic (exact) mass is 255 g/mol. The van der Waals surface area contributed by atoms with Gasteiger partial charge in [-0.2, -0.15) is 4.98 Å². The van der Waals surface area contributed by atoms with Gasteiger partial charge in [0, 0.05) is 6.42 Å². The van der Waals surface area contributed by atoms with E-state index < -0.39 is 5.82 Å². The Bertz CT molecular complexity index is 515. The van der Waals surface area contributed by atoms with Crippen LogP contribution in [0.1, 0.15) is 18.6 Å². The minimum absolute atomic E-state index is 0.0785. The van der Waals surface area contributed by atoms with E-state index in [2.05, 4.69) is 15.5 Å². The fraction of sp³-hybridized carbons (Fsp3) is 0.273. The number of rotatable bonds is 4. The van der Waals surface area contributed by atoms with E-state index in [0.717, 1.165) is 0 Å². The molecule has 0 spiro atoms. The molecular weight excluding hydrogens is 245 g/mol. The maximum Gasteiger partial charge on any atom is 0.245 e. The van der Waals surface area contributed by atoms with E-state index in [9.17, 15) is 4.39 Å². The molecule has 0 aliphatic rings. The number of halogens is 2.